The van der Waals surface area contributed by atoms with Crippen molar-refractivity contribution in [3.05, 3.63) is 83.6 Å². The maximum atomic E-state index is 13.6. The van der Waals surface area contributed by atoms with Crippen molar-refractivity contribution >= 4 is 0 Å². The Kier molecular flexibility index (Phi) is 5.00. The lowest BCUT2D eigenvalue weighted by Gasteiger charge is -2.25. The molecule has 1 aromatic carbocycles. The quantitative estimate of drug-likeness (QED) is 0.417. The van der Waals surface area contributed by atoms with Crippen molar-refractivity contribution in [1.29, 1.82) is 0 Å². The van der Waals surface area contributed by atoms with Gasteiger partial charge in [-0.2, -0.15) is 13.2 Å². The number of nitrogens with zero attached hydrogens (tertiary/aromatic N) is 5. The second kappa shape index (κ2) is 7.85. The van der Waals surface area contributed by atoms with Crippen molar-refractivity contribution in [1.82, 2.24) is 24.7 Å². The third-order valence-electron chi connectivity index (χ3n) is 5.74. The average molecular weight is 435 g/mol. The first-order valence-electron chi connectivity index (χ1n) is 10.4. The SMILES string of the molecule is Cc1cc(-c2ccc(-c3nc4n(n3)CCCC4c3ccccc3C(F)(F)F)nc2)ccn1. The predicted octanol–water partition coefficient (Wildman–Crippen LogP) is 5.66. The van der Waals surface area contributed by atoms with E-state index in [4.69, 9.17) is 0 Å². The minimum absolute atomic E-state index is 0.247. The topological polar surface area (TPSA) is 56.5 Å². The van der Waals surface area contributed by atoms with Crippen LogP contribution in [0.1, 0.15) is 41.4 Å². The monoisotopic (exact) mass is 435 g/mol. The molecule has 5 rings (SSSR count). The van der Waals surface area contributed by atoms with Crippen LogP contribution in [0, 0.1) is 6.92 Å². The summed E-state index contributed by atoms with van der Waals surface area (Å²) >= 11 is 0. The van der Waals surface area contributed by atoms with Crippen LogP contribution in [0.3, 0.4) is 0 Å². The summed E-state index contributed by atoms with van der Waals surface area (Å²) < 4.78 is 42.5. The van der Waals surface area contributed by atoms with Gasteiger partial charge < -0.3 is 0 Å². The molecule has 162 valence electrons. The van der Waals surface area contributed by atoms with Crippen LogP contribution in [0.25, 0.3) is 22.6 Å². The lowest BCUT2D eigenvalue weighted by atomic mass is 9.88. The van der Waals surface area contributed by atoms with Crippen LogP contribution in [-0.2, 0) is 12.7 Å². The molecule has 5 nitrogen and oxygen atoms in total. The van der Waals surface area contributed by atoms with Gasteiger partial charge in [-0.1, -0.05) is 24.3 Å². The molecule has 4 aromatic rings. The summed E-state index contributed by atoms with van der Waals surface area (Å²) in [6.07, 6.45) is 0.423. The van der Waals surface area contributed by atoms with E-state index >= 15 is 0 Å². The molecular formula is C24H20F3N5. The van der Waals surface area contributed by atoms with Crippen LogP contribution in [-0.4, -0.2) is 24.7 Å². The summed E-state index contributed by atoms with van der Waals surface area (Å²) in [5.41, 5.74) is 3.09. The zero-order valence-corrected chi connectivity index (χ0v) is 17.3. The van der Waals surface area contributed by atoms with Crippen LogP contribution < -0.4 is 0 Å². The standard InChI is InChI=1S/C24H20F3N5/c1-15-13-16(10-11-28-15)17-8-9-21(29-14-17)22-30-23-19(6-4-12-32(23)31-22)18-5-2-3-7-20(18)24(25,26)27/h2-3,5,7-11,13-14,19H,4,6,12H2,1H3. The van der Waals surface area contributed by atoms with E-state index in [9.17, 15) is 13.2 Å². The van der Waals surface area contributed by atoms with Crippen LogP contribution >= 0.6 is 0 Å². The van der Waals surface area contributed by atoms with Crippen molar-refractivity contribution in [2.24, 2.45) is 0 Å². The van der Waals surface area contributed by atoms with Crippen molar-refractivity contribution in [3.63, 3.8) is 0 Å². The van der Waals surface area contributed by atoms with Gasteiger partial charge in [-0.3, -0.25) is 9.97 Å². The third-order valence-corrected chi connectivity index (χ3v) is 5.74. The zero-order chi connectivity index (χ0) is 22.3. The molecule has 0 N–H and O–H groups in total. The van der Waals surface area contributed by atoms with Crippen molar-refractivity contribution in [2.75, 3.05) is 0 Å². The fourth-order valence-electron chi connectivity index (χ4n) is 4.23. The molecule has 8 heteroatoms. The lowest BCUT2D eigenvalue weighted by Crippen LogP contribution is -2.21. The molecular weight excluding hydrogens is 415 g/mol. The maximum Gasteiger partial charge on any atom is 0.416 e. The van der Waals surface area contributed by atoms with Gasteiger partial charge in [0.2, 0.25) is 0 Å². The van der Waals surface area contributed by atoms with E-state index in [1.807, 2.05) is 31.2 Å². The third kappa shape index (κ3) is 3.77. The van der Waals surface area contributed by atoms with E-state index in [0.29, 0.717) is 30.3 Å². The van der Waals surface area contributed by atoms with Gasteiger partial charge in [-0.25, -0.2) is 9.67 Å². The van der Waals surface area contributed by atoms with Gasteiger partial charge in [-0.05, 0) is 55.2 Å². The highest BCUT2D eigenvalue weighted by Gasteiger charge is 2.37. The van der Waals surface area contributed by atoms with Gasteiger partial charge >= 0.3 is 6.18 Å². The number of benzene rings is 1. The summed E-state index contributed by atoms with van der Waals surface area (Å²) in [7, 11) is 0. The van der Waals surface area contributed by atoms with E-state index in [1.54, 1.807) is 29.2 Å². The van der Waals surface area contributed by atoms with Gasteiger partial charge in [0.1, 0.15) is 11.5 Å². The van der Waals surface area contributed by atoms with Gasteiger partial charge in [-0.15, -0.1) is 5.10 Å². The molecule has 1 aliphatic heterocycles. The van der Waals surface area contributed by atoms with Gasteiger partial charge in [0, 0.05) is 36.1 Å². The Hall–Kier alpha value is -3.55. The Morgan fingerprint density at radius 2 is 1.84 bits per heavy atom. The first-order valence-corrected chi connectivity index (χ1v) is 10.4. The molecule has 32 heavy (non-hydrogen) atoms. The van der Waals surface area contributed by atoms with Crippen molar-refractivity contribution in [3.8, 4) is 22.6 Å². The van der Waals surface area contributed by atoms with Crippen LogP contribution in [0.5, 0.6) is 0 Å². The number of aryl methyl sites for hydroxylation is 2. The fourth-order valence-corrected chi connectivity index (χ4v) is 4.23. The molecule has 0 radical (unpaired) electrons. The molecule has 1 atom stereocenters. The number of alkyl halides is 3. The maximum absolute atomic E-state index is 13.6. The minimum atomic E-state index is -4.41. The Morgan fingerprint density at radius 3 is 2.59 bits per heavy atom. The molecule has 0 fully saturated rings. The Labute approximate surface area is 183 Å². The number of rotatable bonds is 3. The van der Waals surface area contributed by atoms with Crippen molar-refractivity contribution < 1.29 is 13.2 Å². The van der Waals surface area contributed by atoms with E-state index in [-0.39, 0.29) is 5.56 Å². The molecule has 0 bridgehead atoms. The van der Waals surface area contributed by atoms with Gasteiger partial charge in [0.05, 0.1) is 5.56 Å². The van der Waals surface area contributed by atoms with E-state index in [2.05, 4.69) is 20.1 Å². The molecule has 1 aliphatic rings. The van der Waals surface area contributed by atoms with E-state index in [1.165, 1.54) is 6.07 Å². The van der Waals surface area contributed by atoms with Crippen molar-refractivity contribution in [2.45, 2.75) is 38.4 Å². The average Bonchev–Trinajstić information content (AvgIpc) is 3.23. The Morgan fingerprint density at radius 1 is 1.00 bits per heavy atom. The number of aromatic nitrogens is 5. The molecule has 0 amide bonds. The Balaban J connectivity index is 1.50. The van der Waals surface area contributed by atoms with Crippen LogP contribution in [0.15, 0.2) is 60.9 Å². The highest BCUT2D eigenvalue weighted by molar-refractivity contribution is 5.64. The van der Waals surface area contributed by atoms with Gasteiger partial charge in [0.25, 0.3) is 0 Å². The number of pyridine rings is 2. The van der Waals surface area contributed by atoms with Gasteiger partial charge in [0.15, 0.2) is 5.82 Å². The number of hydrogen-bond donors (Lipinski definition) is 0. The highest BCUT2D eigenvalue weighted by Crippen LogP contribution is 2.40. The number of fused-ring (bicyclic) bond motifs is 1. The summed E-state index contributed by atoms with van der Waals surface area (Å²) in [6, 6.07) is 13.4. The first kappa shape index (κ1) is 20.4. The highest BCUT2D eigenvalue weighted by atomic mass is 19.4. The zero-order valence-electron chi connectivity index (χ0n) is 17.3. The summed E-state index contributed by atoms with van der Waals surface area (Å²) in [5, 5.41) is 4.56. The normalized spacial score (nSPS) is 16.1. The predicted molar refractivity (Wildman–Crippen MR) is 114 cm³/mol. The van der Waals surface area contributed by atoms with Crippen LogP contribution in [0.4, 0.5) is 13.2 Å². The minimum Gasteiger partial charge on any atom is -0.262 e. The molecule has 0 aliphatic carbocycles. The number of halogens is 3. The summed E-state index contributed by atoms with van der Waals surface area (Å²) in [4.78, 5) is 13.4. The lowest BCUT2D eigenvalue weighted by molar-refractivity contribution is -0.138. The molecule has 0 saturated carbocycles. The first-order chi connectivity index (χ1) is 15.4. The second-order valence-corrected chi connectivity index (χ2v) is 7.91. The molecule has 0 spiro atoms. The molecule has 1 unspecified atom stereocenters. The van der Waals surface area contributed by atoms with E-state index < -0.39 is 17.7 Å². The Bertz CT molecular complexity index is 1260. The number of hydrogen-bond acceptors (Lipinski definition) is 4. The summed E-state index contributed by atoms with van der Waals surface area (Å²) in [6.45, 7) is 2.56. The molecule has 3 aromatic heterocycles. The fraction of sp³-hybridized carbons (Fsp3) is 0.250. The molecule has 0 saturated heterocycles. The summed E-state index contributed by atoms with van der Waals surface area (Å²) in [5.74, 6) is 0.523. The van der Waals surface area contributed by atoms with Crippen LogP contribution in [0.2, 0.25) is 0 Å². The molecule has 4 heterocycles. The largest absolute Gasteiger partial charge is 0.416 e. The van der Waals surface area contributed by atoms with E-state index in [0.717, 1.165) is 29.3 Å². The smallest absolute Gasteiger partial charge is 0.262 e. The second-order valence-electron chi connectivity index (χ2n) is 7.91.